The summed E-state index contributed by atoms with van der Waals surface area (Å²) in [5.74, 6) is -0.155. The zero-order valence-corrected chi connectivity index (χ0v) is 17.2. The molecule has 0 amide bonds. The number of aromatic amines is 1. The molecule has 0 saturated carbocycles. The zero-order chi connectivity index (χ0) is 21.8. The van der Waals surface area contributed by atoms with Crippen molar-refractivity contribution in [3.63, 3.8) is 0 Å². The van der Waals surface area contributed by atoms with Gasteiger partial charge in [0.05, 0.1) is 4.90 Å². The number of H-pyrrole nitrogens is 1. The smallest absolute Gasteiger partial charge is 0.322 e. The van der Waals surface area contributed by atoms with Gasteiger partial charge in [0.25, 0.3) is 0 Å². The van der Waals surface area contributed by atoms with Crippen LogP contribution in [0, 0.1) is 0 Å². The second-order valence-electron chi connectivity index (χ2n) is 6.96. The molecule has 0 aliphatic carbocycles. The van der Waals surface area contributed by atoms with E-state index < -0.39 is 22.0 Å². The van der Waals surface area contributed by atoms with Crippen LogP contribution in [0.25, 0.3) is 10.9 Å². The van der Waals surface area contributed by atoms with Gasteiger partial charge in [-0.15, -0.1) is 0 Å². The Labute approximate surface area is 179 Å². The summed E-state index contributed by atoms with van der Waals surface area (Å²) in [6.45, 7) is 0. The van der Waals surface area contributed by atoms with E-state index in [-0.39, 0.29) is 11.3 Å². The number of carboxylic acid groups (broad SMARTS) is 1. The molecule has 31 heavy (non-hydrogen) atoms. The predicted molar refractivity (Wildman–Crippen MR) is 117 cm³/mol. The van der Waals surface area contributed by atoms with E-state index in [1.54, 1.807) is 18.3 Å². The van der Waals surface area contributed by atoms with Crippen molar-refractivity contribution in [3.05, 3.63) is 90.6 Å². The number of aliphatic carboxylic acids is 1. The Morgan fingerprint density at radius 3 is 2.29 bits per heavy atom. The van der Waals surface area contributed by atoms with Gasteiger partial charge in [0.15, 0.2) is 0 Å². The van der Waals surface area contributed by atoms with Gasteiger partial charge in [-0.3, -0.25) is 4.79 Å². The summed E-state index contributed by atoms with van der Waals surface area (Å²) in [5, 5.41) is 10.5. The molecule has 0 fully saturated rings. The molecule has 0 bridgehead atoms. The monoisotopic (exact) mass is 436 g/mol. The van der Waals surface area contributed by atoms with Crippen LogP contribution in [0.5, 0.6) is 11.5 Å². The lowest BCUT2D eigenvalue weighted by Gasteiger charge is -2.15. The first kappa shape index (κ1) is 20.6. The first-order valence-corrected chi connectivity index (χ1v) is 11.0. The molecule has 0 saturated heterocycles. The second kappa shape index (κ2) is 8.63. The minimum atomic E-state index is -4.05. The van der Waals surface area contributed by atoms with Crippen LogP contribution in [0.3, 0.4) is 0 Å². The van der Waals surface area contributed by atoms with Crippen molar-refractivity contribution in [2.45, 2.75) is 17.4 Å². The van der Waals surface area contributed by atoms with Gasteiger partial charge in [-0.2, -0.15) is 4.72 Å². The summed E-state index contributed by atoms with van der Waals surface area (Å²) >= 11 is 0. The van der Waals surface area contributed by atoms with Gasteiger partial charge in [-0.25, -0.2) is 8.42 Å². The van der Waals surface area contributed by atoms with Crippen LogP contribution >= 0.6 is 0 Å². The highest BCUT2D eigenvalue weighted by Crippen LogP contribution is 2.23. The lowest BCUT2D eigenvalue weighted by atomic mass is 10.1. The number of sulfonamides is 1. The topological polar surface area (TPSA) is 108 Å². The average molecular weight is 436 g/mol. The summed E-state index contributed by atoms with van der Waals surface area (Å²) < 4.78 is 33.5. The molecule has 1 atom stereocenters. The Balaban J connectivity index is 1.51. The molecule has 1 heterocycles. The van der Waals surface area contributed by atoms with Crippen molar-refractivity contribution < 1.29 is 23.1 Å². The number of hydrogen-bond acceptors (Lipinski definition) is 4. The minimum absolute atomic E-state index is 0.00772. The van der Waals surface area contributed by atoms with E-state index in [2.05, 4.69) is 9.71 Å². The molecule has 1 aromatic heterocycles. The van der Waals surface area contributed by atoms with Gasteiger partial charge in [0, 0.05) is 23.5 Å². The van der Waals surface area contributed by atoms with E-state index >= 15 is 0 Å². The maximum atomic E-state index is 12.8. The van der Waals surface area contributed by atoms with Crippen LogP contribution in [0.4, 0.5) is 0 Å². The number of nitrogens with one attached hydrogen (secondary N) is 2. The Morgan fingerprint density at radius 1 is 0.935 bits per heavy atom. The highest BCUT2D eigenvalue weighted by atomic mass is 32.2. The lowest BCUT2D eigenvalue weighted by Crippen LogP contribution is -2.42. The van der Waals surface area contributed by atoms with Crippen molar-refractivity contribution in [3.8, 4) is 11.5 Å². The highest BCUT2D eigenvalue weighted by Gasteiger charge is 2.26. The number of aromatic nitrogens is 1. The molecule has 0 aliphatic rings. The fourth-order valence-electron chi connectivity index (χ4n) is 3.27. The Hall–Kier alpha value is -3.62. The molecule has 0 aliphatic heterocycles. The normalized spacial score (nSPS) is 12.5. The Morgan fingerprint density at radius 2 is 1.58 bits per heavy atom. The molecule has 0 radical (unpaired) electrons. The fourth-order valence-corrected chi connectivity index (χ4v) is 4.46. The summed E-state index contributed by atoms with van der Waals surface area (Å²) in [4.78, 5) is 14.8. The molecule has 158 valence electrons. The van der Waals surface area contributed by atoms with Crippen molar-refractivity contribution in [1.29, 1.82) is 0 Å². The Bertz CT molecular complexity index is 1300. The number of para-hydroxylation sites is 2. The molecule has 3 N–H and O–H groups in total. The van der Waals surface area contributed by atoms with Gasteiger partial charge in [-0.05, 0) is 48.0 Å². The quantitative estimate of drug-likeness (QED) is 0.388. The third-order valence-corrected chi connectivity index (χ3v) is 6.29. The van der Waals surface area contributed by atoms with Crippen molar-refractivity contribution in [2.75, 3.05) is 0 Å². The van der Waals surface area contributed by atoms with Crippen LogP contribution in [-0.2, 0) is 21.2 Å². The lowest BCUT2D eigenvalue weighted by molar-refractivity contribution is -0.138. The van der Waals surface area contributed by atoms with Crippen LogP contribution in [0.2, 0.25) is 0 Å². The van der Waals surface area contributed by atoms with E-state index in [1.165, 1.54) is 24.3 Å². The van der Waals surface area contributed by atoms with Crippen LogP contribution in [0.15, 0.2) is 90.0 Å². The molecule has 4 rings (SSSR count). The molecule has 4 aromatic rings. The third-order valence-electron chi connectivity index (χ3n) is 4.81. The van der Waals surface area contributed by atoms with Crippen molar-refractivity contribution in [1.82, 2.24) is 9.71 Å². The van der Waals surface area contributed by atoms with Crippen molar-refractivity contribution >= 4 is 26.9 Å². The predicted octanol–water partition coefficient (Wildman–Crippen LogP) is 3.93. The molecule has 1 unspecified atom stereocenters. The summed E-state index contributed by atoms with van der Waals surface area (Å²) in [7, 11) is -4.05. The second-order valence-corrected chi connectivity index (χ2v) is 8.68. The maximum absolute atomic E-state index is 12.8. The molecular formula is C23H20N2O5S. The number of fused-ring (bicyclic) bond motifs is 1. The van der Waals surface area contributed by atoms with Crippen LogP contribution < -0.4 is 9.46 Å². The van der Waals surface area contributed by atoms with E-state index in [4.69, 9.17) is 4.74 Å². The first-order chi connectivity index (χ1) is 14.9. The van der Waals surface area contributed by atoms with Crippen LogP contribution in [0.1, 0.15) is 5.56 Å². The SMILES string of the molecule is O=C(O)C(Cc1c[nH]c2ccccc12)NS(=O)(=O)c1ccc(Oc2ccccc2)cc1. The zero-order valence-electron chi connectivity index (χ0n) is 16.4. The third kappa shape index (κ3) is 4.76. The van der Waals surface area contributed by atoms with E-state index in [9.17, 15) is 18.3 Å². The standard InChI is InChI=1S/C23H20N2O5S/c26-23(27)22(14-16-15-24-21-9-5-4-8-20(16)21)25-31(28,29)19-12-10-18(11-13-19)30-17-6-2-1-3-7-17/h1-13,15,22,24-25H,14H2,(H,26,27). The number of carbonyl (C=O) groups is 1. The van der Waals surface area contributed by atoms with Crippen molar-refractivity contribution in [2.24, 2.45) is 0 Å². The van der Waals surface area contributed by atoms with E-state index in [1.807, 2.05) is 42.5 Å². The van der Waals surface area contributed by atoms with E-state index in [0.29, 0.717) is 11.5 Å². The molecule has 8 heteroatoms. The number of hydrogen-bond donors (Lipinski definition) is 3. The van der Waals surface area contributed by atoms with Gasteiger partial charge in [-0.1, -0.05) is 36.4 Å². The van der Waals surface area contributed by atoms with Gasteiger partial charge < -0.3 is 14.8 Å². The number of carboxylic acids is 1. The largest absolute Gasteiger partial charge is 0.480 e. The molecule has 0 spiro atoms. The number of rotatable bonds is 8. The molecule has 3 aromatic carbocycles. The number of benzene rings is 3. The number of ether oxygens (including phenoxy) is 1. The summed E-state index contributed by atoms with van der Waals surface area (Å²) in [5.41, 5.74) is 1.58. The Kier molecular flexibility index (Phi) is 5.75. The minimum Gasteiger partial charge on any atom is -0.480 e. The summed E-state index contributed by atoms with van der Waals surface area (Å²) in [6.07, 6.45) is 1.71. The van der Waals surface area contributed by atoms with Crippen LogP contribution in [-0.4, -0.2) is 30.5 Å². The average Bonchev–Trinajstić information content (AvgIpc) is 3.17. The van der Waals surface area contributed by atoms with Gasteiger partial charge in [0.1, 0.15) is 17.5 Å². The van der Waals surface area contributed by atoms with E-state index in [0.717, 1.165) is 16.5 Å². The molecule has 7 nitrogen and oxygen atoms in total. The fraction of sp³-hybridized carbons (Fsp3) is 0.0870. The molecular weight excluding hydrogens is 416 g/mol. The summed E-state index contributed by atoms with van der Waals surface area (Å²) in [6, 6.07) is 21.0. The first-order valence-electron chi connectivity index (χ1n) is 9.55. The highest BCUT2D eigenvalue weighted by molar-refractivity contribution is 7.89. The maximum Gasteiger partial charge on any atom is 0.322 e. The van der Waals surface area contributed by atoms with Gasteiger partial charge in [0.2, 0.25) is 10.0 Å². The van der Waals surface area contributed by atoms with Gasteiger partial charge >= 0.3 is 5.97 Å².